The fourth-order valence-electron chi connectivity index (χ4n) is 2.38. The Kier molecular flexibility index (Phi) is 3.24. The average molecular weight is 240 g/mol. The molecule has 0 radical (unpaired) electrons. The second-order valence-corrected chi connectivity index (χ2v) is 5.11. The minimum absolute atomic E-state index is 0.119. The molecule has 0 spiro atoms. The third kappa shape index (κ3) is 2.17. The molecule has 0 amide bonds. The largest absolute Gasteiger partial charge is 0.321 e. The van der Waals surface area contributed by atoms with Crippen LogP contribution in [0.3, 0.4) is 0 Å². The summed E-state index contributed by atoms with van der Waals surface area (Å²) in [5, 5.41) is 0. The molecule has 4 N–H and O–H groups in total. The summed E-state index contributed by atoms with van der Waals surface area (Å²) in [6.07, 6.45) is 5.70. The molecule has 2 unspecified atom stereocenters. The van der Waals surface area contributed by atoms with Crippen molar-refractivity contribution >= 4 is 0 Å². The van der Waals surface area contributed by atoms with Crippen LogP contribution >= 0.6 is 0 Å². The summed E-state index contributed by atoms with van der Waals surface area (Å²) in [7, 11) is 0. The molecule has 2 rings (SSSR count). The molecular formula is C16H20N2. The summed E-state index contributed by atoms with van der Waals surface area (Å²) < 4.78 is 0. The van der Waals surface area contributed by atoms with E-state index in [2.05, 4.69) is 38.5 Å². The van der Waals surface area contributed by atoms with E-state index in [1.54, 1.807) is 0 Å². The molecule has 2 atom stereocenters. The highest BCUT2D eigenvalue weighted by Crippen LogP contribution is 2.35. The maximum absolute atomic E-state index is 5.97. The lowest BCUT2D eigenvalue weighted by Gasteiger charge is -2.29. The summed E-state index contributed by atoms with van der Waals surface area (Å²) in [4.78, 5) is 0. The van der Waals surface area contributed by atoms with E-state index in [4.69, 9.17) is 11.5 Å². The van der Waals surface area contributed by atoms with Crippen LogP contribution in [0.25, 0.3) is 0 Å². The molecule has 0 saturated carbocycles. The van der Waals surface area contributed by atoms with Gasteiger partial charge in [-0.15, -0.1) is 0 Å². The SMILES string of the molecule is C=C1C=C(C2=CC(=C)C(N)C(=C)C2)CC(=C)C1N. The molecule has 0 aliphatic heterocycles. The third-order valence-electron chi connectivity index (χ3n) is 3.65. The first kappa shape index (κ1) is 12.8. The van der Waals surface area contributed by atoms with Gasteiger partial charge in [0.05, 0.1) is 12.1 Å². The first-order valence-electron chi connectivity index (χ1n) is 6.05. The Hall–Kier alpha value is -1.64. The standard InChI is InChI=1S/C16H20N2/c1-9-5-13(6-10(2)15(9)17)14-7-11(3)16(18)12(4)8-14/h5,7,15-16H,1-4,6,8,17-18H2. The minimum Gasteiger partial charge on any atom is -0.321 e. The zero-order valence-corrected chi connectivity index (χ0v) is 10.7. The van der Waals surface area contributed by atoms with Crippen molar-refractivity contribution in [2.75, 3.05) is 0 Å². The first-order chi connectivity index (χ1) is 8.40. The predicted octanol–water partition coefficient (Wildman–Crippen LogP) is 2.53. The van der Waals surface area contributed by atoms with E-state index in [0.717, 1.165) is 35.1 Å². The van der Waals surface area contributed by atoms with Crippen molar-refractivity contribution in [2.45, 2.75) is 24.9 Å². The maximum Gasteiger partial charge on any atom is 0.0505 e. The summed E-state index contributed by atoms with van der Waals surface area (Å²) in [6.45, 7) is 16.0. The fraction of sp³-hybridized carbons (Fsp3) is 0.250. The molecule has 0 aromatic carbocycles. The monoisotopic (exact) mass is 240 g/mol. The Morgan fingerprint density at radius 3 is 1.39 bits per heavy atom. The number of rotatable bonds is 1. The lowest BCUT2D eigenvalue weighted by Crippen LogP contribution is -2.29. The van der Waals surface area contributed by atoms with Gasteiger partial charge in [-0.05, 0) is 35.1 Å². The molecule has 0 aromatic rings. The van der Waals surface area contributed by atoms with Crippen molar-refractivity contribution in [2.24, 2.45) is 11.5 Å². The Morgan fingerprint density at radius 2 is 1.11 bits per heavy atom. The lowest BCUT2D eigenvalue weighted by molar-refractivity contribution is 0.809. The maximum atomic E-state index is 5.97. The van der Waals surface area contributed by atoms with Crippen LogP contribution in [0, 0.1) is 0 Å². The predicted molar refractivity (Wildman–Crippen MR) is 77.9 cm³/mol. The van der Waals surface area contributed by atoms with Gasteiger partial charge in [-0.3, -0.25) is 0 Å². The summed E-state index contributed by atoms with van der Waals surface area (Å²) >= 11 is 0. The first-order valence-corrected chi connectivity index (χ1v) is 6.05. The molecular weight excluding hydrogens is 220 g/mol. The van der Waals surface area contributed by atoms with Gasteiger partial charge < -0.3 is 11.5 Å². The molecule has 2 heteroatoms. The van der Waals surface area contributed by atoms with Gasteiger partial charge in [-0.1, -0.05) is 49.6 Å². The molecule has 18 heavy (non-hydrogen) atoms. The van der Waals surface area contributed by atoms with E-state index in [1.807, 2.05) is 0 Å². The van der Waals surface area contributed by atoms with Crippen LogP contribution in [0.5, 0.6) is 0 Å². The second kappa shape index (κ2) is 4.56. The highest BCUT2D eigenvalue weighted by Gasteiger charge is 2.24. The van der Waals surface area contributed by atoms with Gasteiger partial charge in [0, 0.05) is 0 Å². The Bertz CT molecular complexity index is 469. The highest BCUT2D eigenvalue weighted by atomic mass is 14.7. The zero-order valence-electron chi connectivity index (χ0n) is 10.7. The van der Waals surface area contributed by atoms with Gasteiger partial charge >= 0.3 is 0 Å². The molecule has 94 valence electrons. The van der Waals surface area contributed by atoms with Crippen LogP contribution in [0.4, 0.5) is 0 Å². The molecule has 0 fully saturated rings. The van der Waals surface area contributed by atoms with E-state index < -0.39 is 0 Å². The molecule has 2 aliphatic carbocycles. The number of hydrogen-bond donors (Lipinski definition) is 2. The summed E-state index contributed by atoms with van der Waals surface area (Å²) in [6, 6.07) is -0.238. The van der Waals surface area contributed by atoms with Crippen molar-refractivity contribution in [3.8, 4) is 0 Å². The van der Waals surface area contributed by atoms with Gasteiger partial charge in [0.2, 0.25) is 0 Å². The Labute approximate surface area is 109 Å². The molecule has 0 bridgehead atoms. The van der Waals surface area contributed by atoms with Crippen molar-refractivity contribution in [1.29, 1.82) is 0 Å². The zero-order chi connectivity index (χ0) is 13.4. The van der Waals surface area contributed by atoms with Gasteiger partial charge in [0.25, 0.3) is 0 Å². The number of hydrogen-bond acceptors (Lipinski definition) is 2. The van der Waals surface area contributed by atoms with Crippen LogP contribution in [-0.4, -0.2) is 12.1 Å². The molecule has 2 aliphatic rings. The van der Waals surface area contributed by atoms with E-state index in [0.29, 0.717) is 0 Å². The Balaban J connectivity index is 2.34. The number of allylic oxidation sites excluding steroid dienone is 2. The van der Waals surface area contributed by atoms with Crippen LogP contribution in [-0.2, 0) is 0 Å². The fourth-order valence-corrected chi connectivity index (χ4v) is 2.38. The minimum atomic E-state index is -0.119. The highest BCUT2D eigenvalue weighted by molar-refractivity contribution is 5.54. The van der Waals surface area contributed by atoms with Crippen LogP contribution in [0.2, 0.25) is 0 Å². The second-order valence-electron chi connectivity index (χ2n) is 5.11. The summed E-state index contributed by atoms with van der Waals surface area (Å²) in [5.41, 5.74) is 18.2. The van der Waals surface area contributed by atoms with Gasteiger partial charge in [-0.2, -0.15) is 0 Å². The van der Waals surface area contributed by atoms with Gasteiger partial charge in [0.1, 0.15) is 0 Å². The molecule has 0 heterocycles. The van der Waals surface area contributed by atoms with Crippen molar-refractivity contribution < 1.29 is 0 Å². The van der Waals surface area contributed by atoms with Crippen LogP contribution < -0.4 is 11.5 Å². The molecule has 0 saturated heterocycles. The van der Waals surface area contributed by atoms with Crippen molar-refractivity contribution in [3.05, 3.63) is 71.9 Å². The molecule has 0 aromatic heterocycles. The van der Waals surface area contributed by atoms with E-state index in [-0.39, 0.29) is 12.1 Å². The Morgan fingerprint density at radius 1 is 0.778 bits per heavy atom. The average Bonchev–Trinajstić information content (AvgIpc) is 2.31. The van der Waals surface area contributed by atoms with Crippen molar-refractivity contribution in [3.63, 3.8) is 0 Å². The third-order valence-corrected chi connectivity index (χ3v) is 3.65. The van der Waals surface area contributed by atoms with Crippen LogP contribution in [0.15, 0.2) is 71.9 Å². The van der Waals surface area contributed by atoms with E-state index >= 15 is 0 Å². The normalized spacial score (nSPS) is 29.2. The van der Waals surface area contributed by atoms with E-state index in [9.17, 15) is 0 Å². The smallest absolute Gasteiger partial charge is 0.0505 e. The van der Waals surface area contributed by atoms with Gasteiger partial charge in [-0.25, -0.2) is 0 Å². The van der Waals surface area contributed by atoms with Crippen molar-refractivity contribution in [1.82, 2.24) is 0 Å². The van der Waals surface area contributed by atoms with E-state index in [1.165, 1.54) is 11.1 Å². The molecule has 2 nitrogen and oxygen atoms in total. The number of nitrogens with two attached hydrogens (primary N) is 2. The quantitative estimate of drug-likeness (QED) is 0.692. The topological polar surface area (TPSA) is 52.0 Å². The van der Waals surface area contributed by atoms with Gasteiger partial charge in [0.15, 0.2) is 0 Å². The summed E-state index contributed by atoms with van der Waals surface area (Å²) in [5.74, 6) is 0. The van der Waals surface area contributed by atoms with Crippen LogP contribution in [0.1, 0.15) is 12.8 Å². The lowest BCUT2D eigenvalue weighted by atomic mass is 9.79.